The molecule has 0 bridgehead atoms. The first-order valence-electron chi connectivity index (χ1n) is 9.81. The predicted molar refractivity (Wildman–Crippen MR) is 127 cm³/mol. The van der Waals surface area contributed by atoms with Gasteiger partial charge in [0.25, 0.3) is 0 Å². The minimum Gasteiger partial charge on any atom is -0.494 e. The molecule has 0 saturated heterocycles. The molecular formula is C23H22Cl2N2O4S. The summed E-state index contributed by atoms with van der Waals surface area (Å²) in [5.41, 5.74) is 1.17. The summed E-state index contributed by atoms with van der Waals surface area (Å²) in [6, 6.07) is 19.8. The Morgan fingerprint density at radius 3 is 2.28 bits per heavy atom. The summed E-state index contributed by atoms with van der Waals surface area (Å²) in [5.74, 6) is 0.0623. The Hall–Kier alpha value is -2.58. The molecule has 0 heterocycles. The van der Waals surface area contributed by atoms with Gasteiger partial charge in [-0.2, -0.15) is 4.31 Å². The second kappa shape index (κ2) is 10.8. The highest BCUT2D eigenvalue weighted by Gasteiger charge is 2.27. The number of sulfonamides is 1. The average molecular weight is 493 g/mol. The first kappa shape index (κ1) is 24.1. The number of carbonyl (C=O) groups excluding carboxylic acids is 1. The van der Waals surface area contributed by atoms with Crippen LogP contribution >= 0.6 is 23.2 Å². The molecule has 0 spiro atoms. The van der Waals surface area contributed by atoms with Gasteiger partial charge in [-0.05, 0) is 55.0 Å². The van der Waals surface area contributed by atoms with Crippen LogP contribution in [0.15, 0.2) is 77.7 Å². The van der Waals surface area contributed by atoms with E-state index < -0.39 is 15.9 Å². The molecule has 0 aliphatic heterocycles. The Morgan fingerprint density at radius 1 is 0.969 bits per heavy atom. The minimum absolute atomic E-state index is 0.0329. The van der Waals surface area contributed by atoms with Crippen molar-refractivity contribution in [1.82, 2.24) is 4.31 Å². The van der Waals surface area contributed by atoms with Crippen LogP contribution in [-0.4, -0.2) is 31.8 Å². The Kier molecular flexibility index (Phi) is 8.15. The highest BCUT2D eigenvalue weighted by molar-refractivity contribution is 7.89. The van der Waals surface area contributed by atoms with Gasteiger partial charge in [0.15, 0.2) is 0 Å². The number of hydrogen-bond acceptors (Lipinski definition) is 4. The Morgan fingerprint density at radius 2 is 1.66 bits per heavy atom. The van der Waals surface area contributed by atoms with Gasteiger partial charge < -0.3 is 10.1 Å². The van der Waals surface area contributed by atoms with Gasteiger partial charge in [-0.1, -0.05) is 53.5 Å². The van der Waals surface area contributed by atoms with Gasteiger partial charge in [0.2, 0.25) is 15.9 Å². The van der Waals surface area contributed by atoms with E-state index in [0.717, 1.165) is 9.87 Å². The van der Waals surface area contributed by atoms with Crippen LogP contribution in [0.5, 0.6) is 5.75 Å². The van der Waals surface area contributed by atoms with Crippen LogP contribution in [0, 0.1) is 0 Å². The molecule has 0 aliphatic carbocycles. The van der Waals surface area contributed by atoms with Gasteiger partial charge in [-0.3, -0.25) is 4.79 Å². The van der Waals surface area contributed by atoms with Crippen molar-refractivity contribution in [2.45, 2.75) is 18.4 Å². The molecule has 1 N–H and O–H groups in total. The molecule has 3 aromatic carbocycles. The molecule has 3 aromatic rings. The molecule has 168 valence electrons. The molecule has 0 atom stereocenters. The molecule has 32 heavy (non-hydrogen) atoms. The van der Waals surface area contributed by atoms with E-state index in [1.165, 1.54) is 18.2 Å². The highest BCUT2D eigenvalue weighted by Crippen LogP contribution is 2.25. The van der Waals surface area contributed by atoms with Crippen molar-refractivity contribution < 1.29 is 17.9 Å². The van der Waals surface area contributed by atoms with Gasteiger partial charge in [-0.15, -0.1) is 0 Å². The van der Waals surface area contributed by atoms with Crippen LogP contribution in [0.4, 0.5) is 5.69 Å². The standard InChI is InChI=1S/C23H22Cl2N2O4S/c1-2-31-19-9-11-20(12-10-19)32(29,30)27(15-17-6-4-3-5-7-17)16-23(28)26-18-8-13-21(24)22(25)14-18/h3-14H,2,15-16H2,1H3,(H,26,28). The molecular weight excluding hydrogens is 471 g/mol. The van der Waals surface area contributed by atoms with Crippen molar-refractivity contribution in [1.29, 1.82) is 0 Å². The van der Waals surface area contributed by atoms with Gasteiger partial charge in [0.05, 0.1) is 28.1 Å². The summed E-state index contributed by atoms with van der Waals surface area (Å²) in [4.78, 5) is 12.8. The summed E-state index contributed by atoms with van der Waals surface area (Å²) in [7, 11) is -3.96. The third kappa shape index (κ3) is 6.23. The molecule has 0 unspecified atom stereocenters. The van der Waals surface area contributed by atoms with Crippen LogP contribution in [0.25, 0.3) is 0 Å². The fourth-order valence-corrected chi connectivity index (χ4v) is 4.65. The largest absolute Gasteiger partial charge is 0.494 e. The third-order valence-electron chi connectivity index (χ3n) is 4.50. The highest BCUT2D eigenvalue weighted by atomic mass is 35.5. The Labute approximate surface area is 197 Å². The maximum Gasteiger partial charge on any atom is 0.243 e. The Bertz CT molecular complexity index is 1170. The first-order valence-corrected chi connectivity index (χ1v) is 12.0. The topological polar surface area (TPSA) is 75.7 Å². The molecule has 0 aromatic heterocycles. The van der Waals surface area contributed by atoms with E-state index in [2.05, 4.69) is 5.32 Å². The van der Waals surface area contributed by atoms with E-state index in [4.69, 9.17) is 27.9 Å². The smallest absolute Gasteiger partial charge is 0.243 e. The quantitative estimate of drug-likeness (QED) is 0.444. The van der Waals surface area contributed by atoms with Crippen molar-refractivity contribution in [3.63, 3.8) is 0 Å². The fraction of sp³-hybridized carbons (Fsp3) is 0.174. The monoisotopic (exact) mass is 492 g/mol. The van der Waals surface area contributed by atoms with Crippen LogP contribution < -0.4 is 10.1 Å². The predicted octanol–water partition coefficient (Wildman–Crippen LogP) is 5.22. The molecule has 6 nitrogen and oxygen atoms in total. The number of hydrogen-bond donors (Lipinski definition) is 1. The van der Waals surface area contributed by atoms with Crippen molar-refractivity contribution in [2.24, 2.45) is 0 Å². The number of amides is 1. The zero-order valence-electron chi connectivity index (χ0n) is 17.3. The normalized spacial score (nSPS) is 11.4. The van der Waals surface area contributed by atoms with E-state index in [1.54, 1.807) is 36.4 Å². The Balaban J connectivity index is 1.85. The SMILES string of the molecule is CCOc1ccc(S(=O)(=O)N(CC(=O)Nc2ccc(Cl)c(Cl)c2)Cc2ccccc2)cc1. The summed E-state index contributed by atoms with van der Waals surface area (Å²) in [5, 5.41) is 3.31. The number of nitrogens with zero attached hydrogens (tertiary/aromatic N) is 1. The summed E-state index contributed by atoms with van der Waals surface area (Å²) in [6.45, 7) is 1.97. The lowest BCUT2D eigenvalue weighted by Gasteiger charge is -2.22. The number of benzene rings is 3. The number of nitrogens with one attached hydrogen (secondary N) is 1. The number of ether oxygens (including phenoxy) is 1. The van der Waals surface area contributed by atoms with Gasteiger partial charge >= 0.3 is 0 Å². The zero-order chi connectivity index (χ0) is 23.1. The second-order valence-corrected chi connectivity index (χ2v) is 9.59. The maximum absolute atomic E-state index is 13.4. The van der Waals surface area contributed by atoms with Crippen molar-refractivity contribution in [3.05, 3.63) is 88.4 Å². The van der Waals surface area contributed by atoms with E-state index >= 15 is 0 Å². The van der Waals surface area contributed by atoms with Crippen molar-refractivity contribution in [2.75, 3.05) is 18.5 Å². The number of rotatable bonds is 9. The first-order chi connectivity index (χ1) is 15.3. The summed E-state index contributed by atoms with van der Waals surface area (Å²) in [6.07, 6.45) is 0. The second-order valence-electron chi connectivity index (χ2n) is 6.84. The minimum atomic E-state index is -3.96. The molecule has 0 fully saturated rings. The van der Waals surface area contributed by atoms with Crippen LogP contribution in [0.1, 0.15) is 12.5 Å². The van der Waals surface area contributed by atoms with E-state index in [1.807, 2.05) is 25.1 Å². The van der Waals surface area contributed by atoms with Crippen LogP contribution in [0.3, 0.4) is 0 Å². The lowest BCUT2D eigenvalue weighted by atomic mass is 10.2. The number of carbonyl (C=O) groups is 1. The summed E-state index contributed by atoms with van der Waals surface area (Å²) >= 11 is 11.9. The zero-order valence-corrected chi connectivity index (χ0v) is 19.6. The molecule has 0 radical (unpaired) electrons. The lowest BCUT2D eigenvalue weighted by Crippen LogP contribution is -2.37. The molecule has 0 saturated carbocycles. The van der Waals surface area contributed by atoms with Gasteiger partial charge in [0, 0.05) is 12.2 Å². The molecule has 0 aliphatic rings. The van der Waals surface area contributed by atoms with E-state index in [9.17, 15) is 13.2 Å². The van der Waals surface area contributed by atoms with Crippen molar-refractivity contribution >= 4 is 44.8 Å². The third-order valence-corrected chi connectivity index (χ3v) is 7.04. The van der Waals surface area contributed by atoms with Crippen LogP contribution in [-0.2, 0) is 21.4 Å². The number of halogens is 2. The summed E-state index contributed by atoms with van der Waals surface area (Å²) < 4.78 is 33.2. The maximum atomic E-state index is 13.4. The van der Waals surface area contributed by atoms with E-state index in [-0.39, 0.29) is 23.0 Å². The van der Waals surface area contributed by atoms with Crippen LogP contribution in [0.2, 0.25) is 10.0 Å². The lowest BCUT2D eigenvalue weighted by molar-refractivity contribution is -0.116. The fourth-order valence-electron chi connectivity index (χ4n) is 2.97. The molecule has 1 amide bonds. The average Bonchev–Trinajstić information content (AvgIpc) is 2.77. The van der Waals surface area contributed by atoms with Gasteiger partial charge in [-0.25, -0.2) is 8.42 Å². The van der Waals surface area contributed by atoms with E-state index in [0.29, 0.717) is 23.1 Å². The van der Waals surface area contributed by atoms with Crippen molar-refractivity contribution in [3.8, 4) is 5.75 Å². The molecule has 9 heteroatoms. The number of anilines is 1. The van der Waals surface area contributed by atoms with Gasteiger partial charge in [0.1, 0.15) is 5.75 Å². The molecule has 3 rings (SSSR count).